The topological polar surface area (TPSA) is 55.4 Å². The summed E-state index contributed by atoms with van der Waals surface area (Å²) in [6.07, 6.45) is -1.74. The van der Waals surface area contributed by atoms with Crippen LogP contribution in [0.3, 0.4) is 0 Å². The van der Waals surface area contributed by atoms with Gasteiger partial charge in [0.1, 0.15) is 18.3 Å². The number of rotatable bonds is 14. The van der Waals surface area contributed by atoms with Gasteiger partial charge >= 0.3 is 0 Å². The molecule has 6 nitrogen and oxygen atoms in total. The second kappa shape index (κ2) is 16.3. The van der Waals surface area contributed by atoms with Gasteiger partial charge in [0, 0.05) is 13.5 Å². The summed E-state index contributed by atoms with van der Waals surface area (Å²) >= 11 is 0. The maximum atomic E-state index is 6.70. The monoisotopic (exact) mass is 568 g/mol. The number of methoxy groups -OCH3 is 1. The minimum absolute atomic E-state index is 0.310. The molecule has 0 bridgehead atoms. The minimum Gasteiger partial charge on any atom is -0.374 e. The van der Waals surface area contributed by atoms with Crippen LogP contribution in [0.4, 0.5) is 0 Å². The van der Waals surface area contributed by atoms with Crippen LogP contribution in [-0.4, -0.2) is 44.4 Å². The van der Waals surface area contributed by atoms with E-state index in [1.165, 1.54) is 0 Å². The van der Waals surface area contributed by atoms with Crippen molar-refractivity contribution in [1.29, 1.82) is 0 Å². The van der Waals surface area contributed by atoms with Gasteiger partial charge in [-0.3, -0.25) is 0 Å². The van der Waals surface area contributed by atoms with Crippen molar-refractivity contribution in [2.75, 3.05) is 13.7 Å². The number of benzene rings is 4. The van der Waals surface area contributed by atoms with E-state index in [9.17, 15) is 0 Å². The molecule has 1 aliphatic heterocycles. The molecule has 0 radical (unpaired) electrons. The molecule has 4 aromatic carbocycles. The average Bonchev–Trinajstić information content (AvgIpc) is 3.19. The van der Waals surface area contributed by atoms with Crippen LogP contribution >= 0.6 is 0 Å². The van der Waals surface area contributed by atoms with Gasteiger partial charge in [-0.2, -0.15) is 0 Å². The largest absolute Gasteiger partial charge is 0.374 e. The number of hydrogen-bond acceptors (Lipinski definition) is 6. The molecular weight excluding hydrogens is 528 g/mol. The molecule has 1 aliphatic rings. The van der Waals surface area contributed by atoms with Gasteiger partial charge < -0.3 is 28.4 Å². The molecule has 220 valence electrons. The van der Waals surface area contributed by atoms with Gasteiger partial charge in [-0.15, -0.1) is 0 Å². The van der Waals surface area contributed by atoms with E-state index in [0.29, 0.717) is 39.5 Å². The van der Waals surface area contributed by atoms with Crippen molar-refractivity contribution in [2.24, 2.45) is 0 Å². The maximum absolute atomic E-state index is 6.70. The Morgan fingerprint density at radius 3 is 1.45 bits per heavy atom. The predicted molar refractivity (Wildman–Crippen MR) is 161 cm³/mol. The first-order chi connectivity index (χ1) is 20.8. The fourth-order valence-corrected chi connectivity index (χ4v) is 5.11. The van der Waals surface area contributed by atoms with E-state index in [2.05, 4.69) is 48.5 Å². The van der Waals surface area contributed by atoms with Crippen molar-refractivity contribution in [3.05, 3.63) is 144 Å². The van der Waals surface area contributed by atoms with Gasteiger partial charge in [0.15, 0.2) is 6.29 Å². The highest BCUT2D eigenvalue weighted by molar-refractivity contribution is 5.16. The molecule has 1 saturated heterocycles. The Hall–Kier alpha value is -3.36. The first kappa shape index (κ1) is 30.1. The zero-order chi connectivity index (χ0) is 28.8. The van der Waals surface area contributed by atoms with Crippen molar-refractivity contribution < 1.29 is 28.4 Å². The van der Waals surface area contributed by atoms with E-state index in [1.54, 1.807) is 7.11 Å². The Bertz CT molecular complexity index is 1270. The van der Waals surface area contributed by atoms with E-state index in [0.717, 1.165) is 22.3 Å². The lowest BCUT2D eigenvalue weighted by Gasteiger charge is -2.34. The van der Waals surface area contributed by atoms with Crippen LogP contribution in [0.15, 0.2) is 121 Å². The molecule has 0 spiro atoms. The zero-order valence-corrected chi connectivity index (χ0v) is 24.1. The molecule has 0 aliphatic carbocycles. The molecule has 5 atom stereocenters. The van der Waals surface area contributed by atoms with Gasteiger partial charge in [0.25, 0.3) is 0 Å². The van der Waals surface area contributed by atoms with Crippen molar-refractivity contribution in [1.82, 2.24) is 0 Å². The second-order valence-corrected chi connectivity index (χ2v) is 10.4. The van der Waals surface area contributed by atoms with E-state index < -0.39 is 24.6 Å². The standard InChI is InChI=1S/C36H40O6/c1-37-34-22-32(39-24-29-16-8-3-9-17-29)35(40-25-30-18-10-4-11-19-30)36(41-26-31-20-12-5-13-21-31)33(42-34)27-38-23-28-14-6-2-7-15-28/h2-21,32-36H,22-27H2,1H3/t32-,33+,34?,35-,36-/m0/s1. The van der Waals surface area contributed by atoms with E-state index in [1.807, 2.05) is 72.8 Å². The van der Waals surface area contributed by atoms with Crippen molar-refractivity contribution in [3.63, 3.8) is 0 Å². The van der Waals surface area contributed by atoms with Crippen molar-refractivity contribution in [2.45, 2.75) is 63.6 Å². The lowest BCUT2D eigenvalue weighted by molar-refractivity contribution is -0.207. The normalized spacial score (nSPS) is 22.5. The predicted octanol–water partition coefficient (Wildman–Crippen LogP) is 6.72. The van der Waals surface area contributed by atoms with Crippen molar-refractivity contribution >= 4 is 0 Å². The highest BCUT2D eigenvalue weighted by Crippen LogP contribution is 2.30. The lowest BCUT2D eigenvalue weighted by atomic mass is 10.0. The average molecular weight is 569 g/mol. The highest BCUT2D eigenvalue weighted by Gasteiger charge is 2.44. The Morgan fingerprint density at radius 1 is 0.548 bits per heavy atom. The van der Waals surface area contributed by atoms with E-state index in [4.69, 9.17) is 28.4 Å². The summed E-state index contributed by atoms with van der Waals surface area (Å²) in [5, 5.41) is 0. The maximum Gasteiger partial charge on any atom is 0.160 e. The molecule has 0 amide bonds. The molecule has 1 fully saturated rings. The third-order valence-electron chi connectivity index (χ3n) is 7.34. The van der Waals surface area contributed by atoms with Crippen LogP contribution in [0.5, 0.6) is 0 Å². The van der Waals surface area contributed by atoms with Crippen LogP contribution in [0.1, 0.15) is 28.7 Å². The Labute approximate surface area is 249 Å². The first-order valence-electron chi connectivity index (χ1n) is 14.5. The summed E-state index contributed by atoms with van der Waals surface area (Å²) in [5.74, 6) is 0. The number of hydrogen-bond donors (Lipinski definition) is 0. The summed E-state index contributed by atoms with van der Waals surface area (Å²) in [6.45, 7) is 2.03. The lowest BCUT2D eigenvalue weighted by Crippen LogP contribution is -2.48. The second-order valence-electron chi connectivity index (χ2n) is 10.4. The summed E-state index contributed by atoms with van der Waals surface area (Å²) < 4.78 is 38.5. The molecule has 1 unspecified atom stereocenters. The van der Waals surface area contributed by atoms with Crippen LogP contribution in [0.25, 0.3) is 0 Å². The Morgan fingerprint density at radius 2 is 0.976 bits per heavy atom. The molecule has 42 heavy (non-hydrogen) atoms. The van der Waals surface area contributed by atoms with Gasteiger partial charge in [-0.05, 0) is 22.3 Å². The van der Waals surface area contributed by atoms with Gasteiger partial charge in [0.05, 0.1) is 39.1 Å². The molecule has 0 saturated carbocycles. The quantitative estimate of drug-likeness (QED) is 0.168. The molecule has 1 heterocycles. The van der Waals surface area contributed by atoms with Crippen LogP contribution < -0.4 is 0 Å². The molecule has 0 aromatic heterocycles. The smallest absolute Gasteiger partial charge is 0.160 e. The summed E-state index contributed by atoms with van der Waals surface area (Å²) in [5.41, 5.74) is 4.32. The van der Waals surface area contributed by atoms with Crippen LogP contribution in [-0.2, 0) is 54.8 Å². The molecule has 0 N–H and O–H groups in total. The number of ether oxygens (including phenoxy) is 6. The van der Waals surface area contributed by atoms with Crippen molar-refractivity contribution in [3.8, 4) is 0 Å². The fraction of sp³-hybridized carbons (Fsp3) is 0.333. The molecule has 6 heteroatoms. The van der Waals surface area contributed by atoms with Gasteiger partial charge in [-0.1, -0.05) is 121 Å². The first-order valence-corrected chi connectivity index (χ1v) is 14.5. The highest BCUT2D eigenvalue weighted by atomic mass is 16.7. The Balaban J connectivity index is 1.41. The minimum atomic E-state index is -0.510. The fourth-order valence-electron chi connectivity index (χ4n) is 5.11. The van der Waals surface area contributed by atoms with Gasteiger partial charge in [-0.25, -0.2) is 0 Å². The van der Waals surface area contributed by atoms with Crippen LogP contribution in [0.2, 0.25) is 0 Å². The summed E-state index contributed by atoms with van der Waals surface area (Å²) in [7, 11) is 1.66. The van der Waals surface area contributed by atoms with Crippen LogP contribution in [0, 0.1) is 0 Å². The summed E-state index contributed by atoms with van der Waals surface area (Å²) in [4.78, 5) is 0. The molecule has 5 rings (SSSR count). The summed E-state index contributed by atoms with van der Waals surface area (Å²) in [6, 6.07) is 40.6. The Kier molecular flexibility index (Phi) is 11.7. The van der Waals surface area contributed by atoms with Gasteiger partial charge in [0.2, 0.25) is 0 Å². The third-order valence-corrected chi connectivity index (χ3v) is 7.34. The van der Waals surface area contributed by atoms with E-state index in [-0.39, 0.29) is 6.10 Å². The van der Waals surface area contributed by atoms with E-state index >= 15 is 0 Å². The SMILES string of the molecule is COC1C[C@H](OCc2ccccc2)[C@H](OCc2ccccc2)[C@@H](OCc2ccccc2)[C@@H](COCc2ccccc2)O1. The molecular formula is C36H40O6. The third kappa shape index (κ3) is 9.07. The molecule has 4 aromatic rings. The zero-order valence-electron chi connectivity index (χ0n) is 24.1.